The number of hydrogen-bond acceptors (Lipinski definition) is 3. The summed E-state index contributed by atoms with van der Waals surface area (Å²) in [5, 5.41) is 0. The summed E-state index contributed by atoms with van der Waals surface area (Å²) < 4.78 is 24.1. The van der Waals surface area contributed by atoms with Crippen molar-refractivity contribution < 1.29 is 55.6 Å². The molecule has 6 heteroatoms. The van der Waals surface area contributed by atoms with Gasteiger partial charge in [-0.15, -0.1) is 0 Å². The maximum absolute atomic E-state index is 8.56. The molecule has 0 rings (SSSR count). The van der Waals surface area contributed by atoms with E-state index in [2.05, 4.69) is 0 Å². The Bertz CT molecular complexity index is 63.3. The summed E-state index contributed by atoms with van der Waals surface area (Å²) in [4.78, 5) is 0. The van der Waals surface area contributed by atoms with Crippen LogP contribution in [0, 0.1) is 0 Å². The maximum Gasteiger partial charge on any atom is 1.00 e. The molecule has 0 aliphatic heterocycles. The molecule has 0 aromatic carbocycles. The molecular formula is H2LiO3STa-. The van der Waals surface area contributed by atoms with Crippen molar-refractivity contribution in [1.82, 2.24) is 0 Å². The first-order valence-electron chi connectivity index (χ1n) is 0.516. The molecule has 0 aromatic heterocycles. The first-order chi connectivity index (χ1) is 1.73. The Morgan fingerprint density at radius 2 is 1.50 bits per heavy atom. The van der Waals surface area contributed by atoms with E-state index in [-0.39, 0.29) is 42.7 Å². The molecule has 0 bridgehead atoms. The van der Waals surface area contributed by atoms with Crippen LogP contribution in [0.4, 0.5) is 0 Å². The largest absolute Gasteiger partial charge is 1.00 e. The average molecular weight is 270 g/mol. The predicted octanol–water partition coefficient (Wildman–Crippen LogP) is -3.12. The van der Waals surface area contributed by atoms with Gasteiger partial charge in [0.05, 0.1) is 0 Å². The first-order valence-corrected chi connectivity index (χ1v) is 1.55. The third kappa shape index (κ3) is 60.8. The second kappa shape index (κ2) is 9.54. The molecule has 0 amide bonds. The Balaban J connectivity index is -0.0000000150. The molecule has 0 atom stereocenters. The molecule has 0 aliphatic carbocycles. The van der Waals surface area contributed by atoms with Gasteiger partial charge in [-0.1, -0.05) is 0 Å². The van der Waals surface area contributed by atoms with E-state index in [1.807, 2.05) is 0 Å². The van der Waals surface area contributed by atoms with E-state index in [1.165, 1.54) is 0 Å². The second-order valence-corrected chi connectivity index (χ2v) is 0.651. The minimum Gasteiger partial charge on any atom is -1.00 e. The predicted molar refractivity (Wildman–Crippen MR) is 12.5 cm³/mol. The van der Waals surface area contributed by atoms with Gasteiger partial charge in [-0.2, -0.15) is 0 Å². The standard InChI is InChI=1S/Li.HO3S.Ta.H/c;1-4(2)3;;/h;(H,1,2,3);;/q+1;-1;;-1. The van der Waals surface area contributed by atoms with Crippen LogP contribution in [0.2, 0.25) is 0 Å². The Kier molecular flexibility index (Phi) is 24.9. The Labute approximate surface area is 66.5 Å². The van der Waals surface area contributed by atoms with Gasteiger partial charge in [0.2, 0.25) is 0 Å². The summed E-state index contributed by atoms with van der Waals surface area (Å²) in [6, 6.07) is 0. The van der Waals surface area contributed by atoms with Gasteiger partial charge in [-0.05, 0) is 0 Å². The van der Waals surface area contributed by atoms with E-state index < -0.39 is 11.0 Å². The molecule has 1 N–H and O–H groups in total. The quantitative estimate of drug-likeness (QED) is 0.219. The minimum absolute atomic E-state index is 0. The number of hydrogen-bond donors (Lipinski definition) is 1. The van der Waals surface area contributed by atoms with Crippen molar-refractivity contribution in [2.45, 2.75) is 0 Å². The zero-order chi connectivity index (χ0) is 3.58. The Hall–Kier alpha value is 1.25. The van der Waals surface area contributed by atoms with Gasteiger partial charge in [0.15, 0.2) is 0 Å². The van der Waals surface area contributed by atoms with Crippen LogP contribution in [0.15, 0.2) is 0 Å². The van der Waals surface area contributed by atoms with Crippen molar-refractivity contribution in [3.8, 4) is 0 Å². The summed E-state index contributed by atoms with van der Waals surface area (Å²) >= 11 is 0. The molecule has 0 fully saturated rings. The fourth-order valence-electron chi connectivity index (χ4n) is 0. The van der Waals surface area contributed by atoms with Crippen molar-refractivity contribution in [2.24, 2.45) is 0 Å². The van der Waals surface area contributed by atoms with Gasteiger partial charge in [0.1, 0.15) is 0 Å². The topological polar surface area (TPSA) is 54.4 Å². The molecule has 0 unspecified atom stereocenters. The van der Waals surface area contributed by atoms with Crippen LogP contribution in [0.3, 0.4) is 0 Å². The second-order valence-electron chi connectivity index (χ2n) is 0.217. The Morgan fingerprint density at radius 3 is 1.50 bits per heavy atom. The van der Waals surface area contributed by atoms with Crippen LogP contribution in [-0.2, 0) is 41.8 Å². The molecule has 33 valence electrons. The molecule has 0 spiro atoms. The van der Waals surface area contributed by atoms with Crippen LogP contribution in [0.25, 0.3) is 0 Å². The summed E-state index contributed by atoms with van der Waals surface area (Å²) in [6.45, 7) is 0. The first kappa shape index (κ1) is 15.7. The normalized spacial score (nSPS) is 5.67. The number of rotatable bonds is 0. The average Bonchev–Trinajstić information content (AvgIpc) is 0.811. The summed E-state index contributed by atoms with van der Waals surface area (Å²) in [7, 11) is -2.86. The zero-order valence-corrected chi connectivity index (χ0v) is 7.15. The third-order valence-corrected chi connectivity index (χ3v) is 0. The van der Waals surface area contributed by atoms with E-state index in [0.717, 1.165) is 0 Å². The van der Waals surface area contributed by atoms with E-state index in [9.17, 15) is 0 Å². The van der Waals surface area contributed by atoms with Crippen LogP contribution in [0.1, 0.15) is 1.43 Å². The van der Waals surface area contributed by atoms with Gasteiger partial charge in [0, 0.05) is 33.4 Å². The van der Waals surface area contributed by atoms with E-state index in [1.54, 1.807) is 0 Å². The molecule has 6 heavy (non-hydrogen) atoms. The minimum atomic E-state index is -2.86. The fraction of sp³-hybridized carbons (Fsp3) is 0. The fourth-order valence-corrected chi connectivity index (χ4v) is 0. The van der Waals surface area contributed by atoms with E-state index in [0.29, 0.717) is 0 Å². The monoisotopic (exact) mass is 270 g/mol. The maximum atomic E-state index is 8.56. The van der Waals surface area contributed by atoms with Gasteiger partial charge in [-0.25, -0.2) is 0 Å². The Morgan fingerprint density at radius 1 is 1.50 bits per heavy atom. The van der Waals surface area contributed by atoms with Crippen LogP contribution in [-0.4, -0.2) is 4.55 Å². The zero-order valence-electron chi connectivity index (χ0n) is 4.12. The van der Waals surface area contributed by atoms with Crippen molar-refractivity contribution in [3.63, 3.8) is 0 Å². The van der Waals surface area contributed by atoms with Crippen molar-refractivity contribution in [1.29, 1.82) is 0 Å². The molecule has 0 aliphatic rings. The smallest absolute Gasteiger partial charge is 1.00 e. The van der Waals surface area contributed by atoms with E-state index in [4.69, 9.17) is 13.0 Å². The summed E-state index contributed by atoms with van der Waals surface area (Å²) in [5.74, 6) is 0. The molecule has 3 nitrogen and oxygen atoms in total. The summed E-state index contributed by atoms with van der Waals surface area (Å²) in [6.07, 6.45) is 0. The van der Waals surface area contributed by atoms with Gasteiger partial charge < -0.3 is 14.4 Å². The molecule has 0 saturated heterocycles. The van der Waals surface area contributed by atoms with Crippen LogP contribution >= 0.6 is 0 Å². The molecular weight excluding hydrogens is 268 g/mol. The molecule has 0 heterocycles. The van der Waals surface area contributed by atoms with E-state index >= 15 is 0 Å². The van der Waals surface area contributed by atoms with Gasteiger partial charge >= 0.3 is 18.9 Å². The SMILES string of the molecule is O=[S-](=O)O.[H-].[Li+].[Ta]. The molecule has 0 saturated carbocycles. The summed E-state index contributed by atoms with van der Waals surface area (Å²) in [5.41, 5.74) is 0. The van der Waals surface area contributed by atoms with Crippen molar-refractivity contribution >= 4 is 11.0 Å². The van der Waals surface area contributed by atoms with Gasteiger partial charge in [0.25, 0.3) is 0 Å². The third-order valence-electron chi connectivity index (χ3n) is 0. The van der Waals surface area contributed by atoms with Crippen LogP contribution < -0.4 is 18.9 Å². The van der Waals surface area contributed by atoms with Crippen molar-refractivity contribution in [2.75, 3.05) is 0 Å². The molecule has 0 aromatic rings. The van der Waals surface area contributed by atoms with Crippen LogP contribution in [0.5, 0.6) is 0 Å². The van der Waals surface area contributed by atoms with Gasteiger partial charge in [-0.3, -0.25) is 0 Å². The molecule has 1 radical (unpaired) electrons. The van der Waals surface area contributed by atoms with Crippen molar-refractivity contribution in [3.05, 3.63) is 0 Å².